The molecular weight excluding hydrogens is 372 g/mol. The number of ether oxygens (including phenoxy) is 2. The number of methoxy groups -OCH3 is 1. The van der Waals surface area contributed by atoms with E-state index in [4.69, 9.17) is 9.47 Å². The number of nitrogens with one attached hydrogen (secondary N) is 2. The summed E-state index contributed by atoms with van der Waals surface area (Å²) in [4.78, 5) is 36.9. The number of para-hydroxylation sites is 1. The number of hydrogen-bond acceptors (Lipinski definition) is 5. The third-order valence-corrected chi connectivity index (χ3v) is 5.42. The molecule has 1 aromatic carbocycles. The topological polar surface area (TPSA) is 93.7 Å². The normalized spacial score (nSPS) is 21.1. The maximum Gasteiger partial charge on any atom is 0.311 e. The fourth-order valence-electron chi connectivity index (χ4n) is 3.87. The number of carbonyl (C=O) groups excluding carboxylic acids is 3. The molecule has 0 aromatic heterocycles. The Morgan fingerprint density at radius 2 is 1.97 bits per heavy atom. The van der Waals surface area contributed by atoms with Crippen molar-refractivity contribution in [2.75, 3.05) is 20.3 Å². The number of hydrogen-bond donors (Lipinski definition) is 2. The number of carbonyl (C=O) groups is 3. The molecule has 29 heavy (non-hydrogen) atoms. The largest absolute Gasteiger partial charge is 0.493 e. The molecule has 2 atom stereocenters. The van der Waals surface area contributed by atoms with Gasteiger partial charge in [-0.05, 0) is 45.2 Å². The van der Waals surface area contributed by atoms with Crippen molar-refractivity contribution in [3.8, 4) is 5.75 Å². The zero-order chi connectivity index (χ0) is 21.3. The van der Waals surface area contributed by atoms with E-state index in [1.54, 1.807) is 18.2 Å². The smallest absolute Gasteiger partial charge is 0.311 e. The molecule has 0 radical (unpaired) electrons. The molecule has 0 unspecified atom stereocenters. The quantitative estimate of drug-likeness (QED) is 0.488. The van der Waals surface area contributed by atoms with E-state index >= 15 is 0 Å². The molecule has 2 amide bonds. The Labute approximate surface area is 172 Å². The predicted molar refractivity (Wildman–Crippen MR) is 110 cm³/mol. The van der Waals surface area contributed by atoms with Crippen molar-refractivity contribution >= 4 is 17.8 Å². The van der Waals surface area contributed by atoms with E-state index in [9.17, 15) is 14.4 Å². The Morgan fingerprint density at radius 3 is 2.69 bits per heavy atom. The van der Waals surface area contributed by atoms with Crippen LogP contribution in [0.25, 0.3) is 0 Å². The molecule has 160 valence electrons. The van der Waals surface area contributed by atoms with Crippen LogP contribution in [-0.2, 0) is 14.3 Å². The van der Waals surface area contributed by atoms with Crippen LogP contribution in [0.15, 0.2) is 24.3 Å². The molecule has 1 aliphatic rings. The van der Waals surface area contributed by atoms with Gasteiger partial charge in [-0.1, -0.05) is 25.0 Å². The van der Waals surface area contributed by atoms with Crippen molar-refractivity contribution in [1.29, 1.82) is 0 Å². The first-order chi connectivity index (χ1) is 13.9. The highest BCUT2D eigenvalue weighted by atomic mass is 16.5. The van der Waals surface area contributed by atoms with Crippen LogP contribution < -0.4 is 15.4 Å². The Hall–Kier alpha value is -2.57. The minimum atomic E-state index is -0.581. The molecule has 0 bridgehead atoms. The molecular formula is C22H32N2O5. The third kappa shape index (κ3) is 6.21. The standard InChI is InChI=1S/C22H32N2O5/c1-4-29-18-12-6-5-10-16(18)20(26)23-15-9-13-19(25)24-22(2)14-8-7-11-17(22)21(27)28-3/h5-6,10,12,17H,4,7-9,11,13-15H2,1-3H3,(H,23,26)(H,24,25)/t17-,22+/m0/s1. The van der Waals surface area contributed by atoms with Gasteiger partial charge in [0.2, 0.25) is 5.91 Å². The lowest BCUT2D eigenvalue weighted by atomic mass is 9.73. The second-order valence-electron chi connectivity index (χ2n) is 7.58. The minimum absolute atomic E-state index is 0.118. The van der Waals surface area contributed by atoms with Gasteiger partial charge in [-0.3, -0.25) is 14.4 Å². The van der Waals surface area contributed by atoms with Crippen LogP contribution in [0, 0.1) is 5.92 Å². The highest BCUT2D eigenvalue weighted by Crippen LogP contribution is 2.34. The van der Waals surface area contributed by atoms with E-state index < -0.39 is 5.54 Å². The van der Waals surface area contributed by atoms with Crippen molar-refractivity contribution in [2.45, 2.75) is 57.9 Å². The molecule has 2 N–H and O–H groups in total. The first kappa shape index (κ1) is 22.7. The van der Waals surface area contributed by atoms with E-state index in [1.165, 1.54) is 7.11 Å². The van der Waals surface area contributed by atoms with Crippen LogP contribution in [0.2, 0.25) is 0 Å². The monoisotopic (exact) mass is 404 g/mol. The summed E-state index contributed by atoms with van der Waals surface area (Å²) in [5.41, 5.74) is -0.100. The average molecular weight is 405 g/mol. The van der Waals surface area contributed by atoms with Crippen molar-refractivity contribution in [2.24, 2.45) is 5.92 Å². The lowest BCUT2D eigenvalue weighted by Crippen LogP contribution is -2.55. The zero-order valence-electron chi connectivity index (χ0n) is 17.6. The Bertz CT molecular complexity index is 721. The fraction of sp³-hybridized carbons (Fsp3) is 0.591. The SMILES string of the molecule is CCOc1ccccc1C(=O)NCCCC(=O)N[C@]1(C)CCCC[C@H]1C(=O)OC. The maximum absolute atomic E-state index is 12.4. The zero-order valence-corrected chi connectivity index (χ0v) is 17.6. The highest BCUT2D eigenvalue weighted by Gasteiger charge is 2.42. The summed E-state index contributed by atoms with van der Waals surface area (Å²) < 4.78 is 10.4. The summed E-state index contributed by atoms with van der Waals surface area (Å²) in [6, 6.07) is 7.07. The fourth-order valence-corrected chi connectivity index (χ4v) is 3.87. The summed E-state index contributed by atoms with van der Waals surface area (Å²) in [5.74, 6) is -0.385. The van der Waals surface area contributed by atoms with Crippen LogP contribution in [0.1, 0.15) is 62.7 Å². The molecule has 1 fully saturated rings. The first-order valence-electron chi connectivity index (χ1n) is 10.3. The van der Waals surface area contributed by atoms with Crippen LogP contribution >= 0.6 is 0 Å². The summed E-state index contributed by atoms with van der Waals surface area (Å²) in [5, 5.41) is 5.86. The summed E-state index contributed by atoms with van der Waals surface area (Å²) in [6.07, 6.45) is 4.19. The number of amides is 2. The summed E-state index contributed by atoms with van der Waals surface area (Å²) in [7, 11) is 1.38. The Kier molecular flexibility index (Phi) is 8.49. The molecule has 0 aliphatic heterocycles. The average Bonchev–Trinajstić information content (AvgIpc) is 2.71. The molecule has 2 rings (SSSR count). The molecule has 0 spiro atoms. The van der Waals surface area contributed by atoms with Crippen LogP contribution in [0.4, 0.5) is 0 Å². The lowest BCUT2D eigenvalue weighted by molar-refractivity contribution is -0.150. The van der Waals surface area contributed by atoms with Crippen LogP contribution in [0.5, 0.6) is 5.75 Å². The number of benzene rings is 1. The summed E-state index contributed by atoms with van der Waals surface area (Å²) in [6.45, 7) is 4.64. The van der Waals surface area contributed by atoms with Crippen LogP contribution in [0.3, 0.4) is 0 Å². The van der Waals surface area contributed by atoms with E-state index in [1.807, 2.05) is 19.9 Å². The molecule has 1 saturated carbocycles. The molecule has 7 heteroatoms. The second-order valence-corrected chi connectivity index (χ2v) is 7.58. The van der Waals surface area contributed by atoms with E-state index in [-0.39, 0.29) is 30.1 Å². The lowest BCUT2D eigenvalue weighted by Gasteiger charge is -2.40. The van der Waals surface area contributed by atoms with Crippen molar-refractivity contribution in [3.63, 3.8) is 0 Å². The molecule has 1 aliphatic carbocycles. The Balaban J connectivity index is 1.81. The van der Waals surface area contributed by atoms with Gasteiger partial charge < -0.3 is 20.1 Å². The van der Waals surface area contributed by atoms with Gasteiger partial charge in [0.25, 0.3) is 5.91 Å². The molecule has 7 nitrogen and oxygen atoms in total. The van der Waals surface area contributed by atoms with Gasteiger partial charge in [0, 0.05) is 13.0 Å². The van der Waals surface area contributed by atoms with Gasteiger partial charge in [-0.2, -0.15) is 0 Å². The van der Waals surface area contributed by atoms with Crippen molar-refractivity contribution in [3.05, 3.63) is 29.8 Å². The predicted octanol–water partition coefficient (Wildman–Crippen LogP) is 2.83. The van der Waals surface area contributed by atoms with Crippen LogP contribution in [-0.4, -0.2) is 43.6 Å². The van der Waals surface area contributed by atoms with Gasteiger partial charge >= 0.3 is 5.97 Å². The van der Waals surface area contributed by atoms with Gasteiger partial charge in [0.1, 0.15) is 5.75 Å². The first-order valence-corrected chi connectivity index (χ1v) is 10.3. The maximum atomic E-state index is 12.4. The summed E-state index contributed by atoms with van der Waals surface area (Å²) >= 11 is 0. The van der Waals surface area contributed by atoms with Crippen molar-refractivity contribution < 1.29 is 23.9 Å². The van der Waals surface area contributed by atoms with Gasteiger partial charge in [-0.25, -0.2) is 0 Å². The molecule has 0 saturated heterocycles. The Morgan fingerprint density at radius 1 is 1.21 bits per heavy atom. The van der Waals surface area contributed by atoms with E-state index in [2.05, 4.69) is 10.6 Å². The number of esters is 1. The van der Waals surface area contributed by atoms with Gasteiger partial charge in [0.15, 0.2) is 0 Å². The molecule has 0 heterocycles. The van der Waals surface area contributed by atoms with E-state index in [0.717, 1.165) is 25.7 Å². The minimum Gasteiger partial charge on any atom is -0.493 e. The third-order valence-electron chi connectivity index (χ3n) is 5.42. The second kappa shape index (κ2) is 10.8. The van der Waals surface area contributed by atoms with E-state index in [0.29, 0.717) is 30.9 Å². The number of rotatable bonds is 9. The highest BCUT2D eigenvalue weighted by molar-refractivity contribution is 5.96. The van der Waals surface area contributed by atoms with Gasteiger partial charge in [-0.15, -0.1) is 0 Å². The van der Waals surface area contributed by atoms with Crippen molar-refractivity contribution in [1.82, 2.24) is 10.6 Å². The molecule has 1 aromatic rings. The van der Waals surface area contributed by atoms with Gasteiger partial charge in [0.05, 0.1) is 30.7 Å².